The van der Waals surface area contributed by atoms with Crippen molar-refractivity contribution in [2.24, 2.45) is 11.8 Å². The minimum Gasteiger partial charge on any atom is -0.481 e. The van der Waals surface area contributed by atoms with Crippen LogP contribution in [-0.4, -0.2) is 44.7 Å². The Balaban J connectivity index is 2.27. The molecule has 1 rings (SSSR count). The zero-order chi connectivity index (χ0) is 17.2. The molecule has 4 N–H and O–H groups in total. The van der Waals surface area contributed by atoms with Gasteiger partial charge in [0, 0.05) is 18.8 Å². The van der Waals surface area contributed by atoms with E-state index in [0.29, 0.717) is 19.3 Å². The first-order valence-corrected chi connectivity index (χ1v) is 8.55. The first-order chi connectivity index (χ1) is 11.0. The van der Waals surface area contributed by atoms with E-state index in [1.807, 2.05) is 25.2 Å². The minimum atomic E-state index is -0.765. The topological polar surface area (TPSA) is 98.0 Å². The lowest BCUT2D eigenvalue weighted by molar-refractivity contribution is -0.137. The van der Waals surface area contributed by atoms with Gasteiger partial charge in [0.1, 0.15) is 0 Å². The van der Waals surface area contributed by atoms with E-state index in [0.717, 1.165) is 19.3 Å². The monoisotopic (exact) mass is 326 g/mol. The summed E-state index contributed by atoms with van der Waals surface area (Å²) in [6.45, 7) is 2.00. The summed E-state index contributed by atoms with van der Waals surface area (Å²) in [6.07, 6.45) is 10.0. The molecule has 0 radical (unpaired) electrons. The van der Waals surface area contributed by atoms with Crippen molar-refractivity contribution in [3.05, 3.63) is 24.3 Å². The summed E-state index contributed by atoms with van der Waals surface area (Å²) in [5.41, 5.74) is 0. The van der Waals surface area contributed by atoms with E-state index in [1.54, 1.807) is 6.08 Å². The van der Waals surface area contributed by atoms with Crippen LogP contribution in [0.2, 0.25) is 0 Å². The van der Waals surface area contributed by atoms with E-state index in [9.17, 15) is 20.1 Å². The number of carboxylic acids is 1. The molecule has 1 aliphatic carbocycles. The molecule has 0 unspecified atom stereocenters. The first-order valence-electron chi connectivity index (χ1n) is 8.55. The Bertz CT molecular complexity index is 404. The molecule has 0 aliphatic heterocycles. The summed E-state index contributed by atoms with van der Waals surface area (Å²) in [5.74, 6) is -0.804. The molecule has 5 atom stereocenters. The van der Waals surface area contributed by atoms with Crippen LogP contribution in [0.4, 0.5) is 0 Å². The molecular formula is C18H30O5. The third-order valence-electron chi connectivity index (χ3n) is 4.50. The molecule has 5 nitrogen and oxygen atoms in total. The number of aliphatic hydroxyl groups excluding tert-OH is 3. The van der Waals surface area contributed by atoms with E-state index < -0.39 is 24.3 Å². The van der Waals surface area contributed by atoms with Crippen LogP contribution in [0.1, 0.15) is 51.9 Å². The van der Waals surface area contributed by atoms with Crippen molar-refractivity contribution in [3.8, 4) is 0 Å². The maximum absolute atomic E-state index is 10.4. The van der Waals surface area contributed by atoms with Gasteiger partial charge >= 0.3 is 5.97 Å². The van der Waals surface area contributed by atoms with Gasteiger partial charge in [-0.05, 0) is 31.6 Å². The highest BCUT2D eigenvalue weighted by Crippen LogP contribution is 2.35. The highest BCUT2D eigenvalue weighted by Gasteiger charge is 2.38. The van der Waals surface area contributed by atoms with Crippen LogP contribution >= 0.6 is 0 Å². The number of aliphatic carboxylic acids is 1. The van der Waals surface area contributed by atoms with E-state index in [4.69, 9.17) is 5.11 Å². The zero-order valence-electron chi connectivity index (χ0n) is 13.8. The van der Waals surface area contributed by atoms with Gasteiger partial charge in [0.15, 0.2) is 0 Å². The SMILES string of the molecule is CC[C@H]1[C@@H](/C=C/[C@@H](O)C/C=C\CCCCC(=O)O)[C@H](O)C[C@@H]1O. The summed E-state index contributed by atoms with van der Waals surface area (Å²) in [5, 5.41) is 38.3. The van der Waals surface area contributed by atoms with Gasteiger partial charge < -0.3 is 20.4 Å². The second-order valence-corrected chi connectivity index (χ2v) is 6.32. The predicted molar refractivity (Wildman–Crippen MR) is 88.9 cm³/mol. The van der Waals surface area contributed by atoms with E-state index in [1.165, 1.54) is 0 Å². The average molecular weight is 326 g/mol. The molecule has 0 aromatic rings. The van der Waals surface area contributed by atoms with Gasteiger partial charge in [0.05, 0.1) is 18.3 Å². The maximum atomic E-state index is 10.4. The quantitative estimate of drug-likeness (QED) is 0.365. The molecule has 1 saturated carbocycles. The van der Waals surface area contributed by atoms with Crippen molar-refractivity contribution < 1.29 is 25.2 Å². The zero-order valence-corrected chi connectivity index (χ0v) is 13.8. The van der Waals surface area contributed by atoms with Gasteiger partial charge in [0.2, 0.25) is 0 Å². The smallest absolute Gasteiger partial charge is 0.303 e. The number of rotatable bonds is 10. The van der Waals surface area contributed by atoms with Gasteiger partial charge in [-0.2, -0.15) is 0 Å². The second-order valence-electron chi connectivity index (χ2n) is 6.32. The fraction of sp³-hybridized carbons (Fsp3) is 0.722. The molecule has 0 aromatic carbocycles. The standard InChI is InChI=1S/C18H30O5/c1-2-14-15(17(21)12-16(14)20)11-10-13(19)8-6-4-3-5-7-9-18(22)23/h4,6,10-11,13-17,19-21H,2-3,5,7-9,12H2,1H3,(H,22,23)/b6-4-,11-10+/t13-,14-,15+,16-,17+/m0/s1. The third kappa shape index (κ3) is 7.29. The Labute approximate surface area is 138 Å². The summed E-state index contributed by atoms with van der Waals surface area (Å²) < 4.78 is 0. The normalized spacial score (nSPS) is 29.6. The summed E-state index contributed by atoms with van der Waals surface area (Å²) in [7, 11) is 0. The summed E-state index contributed by atoms with van der Waals surface area (Å²) in [4.78, 5) is 10.4. The average Bonchev–Trinajstić information content (AvgIpc) is 2.76. The molecule has 0 saturated heterocycles. The molecule has 0 bridgehead atoms. The van der Waals surface area contributed by atoms with Crippen molar-refractivity contribution >= 4 is 5.97 Å². The molecule has 0 amide bonds. The van der Waals surface area contributed by atoms with Crippen LogP contribution in [0.3, 0.4) is 0 Å². The lowest BCUT2D eigenvalue weighted by atomic mass is 9.90. The van der Waals surface area contributed by atoms with E-state index >= 15 is 0 Å². The van der Waals surface area contributed by atoms with Gasteiger partial charge in [-0.25, -0.2) is 0 Å². The maximum Gasteiger partial charge on any atom is 0.303 e. The Kier molecular flexibility index (Phi) is 9.14. The summed E-state index contributed by atoms with van der Waals surface area (Å²) in [6, 6.07) is 0. The lowest BCUT2D eigenvalue weighted by Crippen LogP contribution is -2.20. The number of carbonyl (C=O) groups is 1. The summed E-state index contributed by atoms with van der Waals surface area (Å²) >= 11 is 0. The van der Waals surface area contributed by atoms with Crippen molar-refractivity contribution in [1.29, 1.82) is 0 Å². The van der Waals surface area contributed by atoms with Crippen LogP contribution in [0.25, 0.3) is 0 Å². The molecule has 0 spiro atoms. The molecule has 0 aromatic heterocycles. The highest BCUT2D eigenvalue weighted by molar-refractivity contribution is 5.66. The van der Waals surface area contributed by atoms with E-state index in [2.05, 4.69) is 0 Å². The van der Waals surface area contributed by atoms with Crippen LogP contribution in [0.15, 0.2) is 24.3 Å². The van der Waals surface area contributed by atoms with Crippen molar-refractivity contribution in [2.75, 3.05) is 0 Å². The Morgan fingerprint density at radius 3 is 2.61 bits per heavy atom. The number of carboxylic acid groups (broad SMARTS) is 1. The van der Waals surface area contributed by atoms with Crippen LogP contribution in [0.5, 0.6) is 0 Å². The molecule has 0 heterocycles. The third-order valence-corrected chi connectivity index (χ3v) is 4.50. The van der Waals surface area contributed by atoms with E-state index in [-0.39, 0.29) is 18.3 Å². The number of unbranched alkanes of at least 4 members (excludes halogenated alkanes) is 2. The molecule has 132 valence electrons. The molecule has 1 aliphatic rings. The van der Waals surface area contributed by atoms with Crippen molar-refractivity contribution in [2.45, 2.75) is 70.2 Å². The number of aliphatic hydroxyl groups is 3. The molecular weight excluding hydrogens is 296 g/mol. The molecule has 5 heteroatoms. The Morgan fingerprint density at radius 2 is 1.96 bits per heavy atom. The first kappa shape index (κ1) is 19.9. The lowest BCUT2D eigenvalue weighted by Gasteiger charge is -2.19. The van der Waals surface area contributed by atoms with Crippen LogP contribution in [0, 0.1) is 11.8 Å². The van der Waals surface area contributed by atoms with Gasteiger partial charge in [-0.3, -0.25) is 4.79 Å². The second kappa shape index (κ2) is 10.6. The van der Waals surface area contributed by atoms with Crippen LogP contribution in [-0.2, 0) is 4.79 Å². The predicted octanol–water partition coefficient (Wildman–Crippen LogP) is 2.26. The van der Waals surface area contributed by atoms with Crippen LogP contribution < -0.4 is 0 Å². The fourth-order valence-corrected chi connectivity index (χ4v) is 3.16. The Hall–Kier alpha value is -1.17. The molecule has 1 fully saturated rings. The minimum absolute atomic E-state index is 0.0539. The van der Waals surface area contributed by atoms with Crippen molar-refractivity contribution in [1.82, 2.24) is 0 Å². The van der Waals surface area contributed by atoms with Crippen molar-refractivity contribution in [3.63, 3.8) is 0 Å². The Morgan fingerprint density at radius 1 is 1.22 bits per heavy atom. The number of allylic oxidation sites excluding steroid dienone is 1. The highest BCUT2D eigenvalue weighted by atomic mass is 16.4. The molecule has 23 heavy (non-hydrogen) atoms. The van der Waals surface area contributed by atoms with Gasteiger partial charge in [0.25, 0.3) is 0 Å². The number of hydrogen-bond acceptors (Lipinski definition) is 4. The number of hydrogen-bond donors (Lipinski definition) is 4. The van der Waals surface area contributed by atoms with Gasteiger partial charge in [-0.15, -0.1) is 0 Å². The fourth-order valence-electron chi connectivity index (χ4n) is 3.16. The van der Waals surface area contributed by atoms with Gasteiger partial charge in [-0.1, -0.05) is 37.6 Å². The largest absolute Gasteiger partial charge is 0.481 e.